The number of fused-ring (bicyclic) bond motifs is 1. The summed E-state index contributed by atoms with van der Waals surface area (Å²) in [5.74, 6) is -0.103. The van der Waals surface area contributed by atoms with E-state index in [-0.39, 0.29) is 5.91 Å². The number of amides is 1. The third-order valence-electron chi connectivity index (χ3n) is 3.45. The fraction of sp³-hybridized carbons (Fsp3) is 0.462. The molecule has 1 aliphatic rings. The first-order chi connectivity index (χ1) is 9.22. The van der Waals surface area contributed by atoms with Gasteiger partial charge in [0.2, 0.25) is 0 Å². The lowest BCUT2D eigenvalue weighted by Gasteiger charge is -2.22. The normalized spacial score (nSPS) is 16.7. The van der Waals surface area contributed by atoms with Crippen molar-refractivity contribution in [2.24, 2.45) is 0 Å². The van der Waals surface area contributed by atoms with Crippen molar-refractivity contribution in [2.75, 3.05) is 0 Å². The van der Waals surface area contributed by atoms with Crippen molar-refractivity contribution in [3.8, 4) is 0 Å². The van der Waals surface area contributed by atoms with Crippen LogP contribution in [0.25, 0.3) is 5.65 Å². The van der Waals surface area contributed by atoms with Crippen molar-refractivity contribution >= 4 is 27.5 Å². The van der Waals surface area contributed by atoms with Gasteiger partial charge in [-0.15, -0.1) is 0 Å². The number of carbonyl (C=O) groups is 1. The third-order valence-corrected chi connectivity index (χ3v) is 3.86. The van der Waals surface area contributed by atoms with E-state index in [1.165, 1.54) is 19.3 Å². The van der Waals surface area contributed by atoms with Crippen LogP contribution in [-0.4, -0.2) is 26.5 Å². The molecule has 5 nitrogen and oxygen atoms in total. The molecule has 6 heteroatoms. The van der Waals surface area contributed by atoms with E-state index in [4.69, 9.17) is 0 Å². The van der Waals surface area contributed by atoms with Crippen LogP contribution in [-0.2, 0) is 0 Å². The molecule has 1 amide bonds. The van der Waals surface area contributed by atoms with Crippen molar-refractivity contribution in [3.05, 3.63) is 28.6 Å². The summed E-state index contributed by atoms with van der Waals surface area (Å²) in [5, 5.41) is 7.31. The van der Waals surface area contributed by atoms with E-state index in [1.54, 1.807) is 23.0 Å². The molecule has 1 saturated carbocycles. The van der Waals surface area contributed by atoms with Crippen LogP contribution in [0.15, 0.2) is 22.9 Å². The van der Waals surface area contributed by atoms with E-state index in [2.05, 4.69) is 31.3 Å². The molecule has 3 rings (SSSR count). The summed E-state index contributed by atoms with van der Waals surface area (Å²) >= 11 is 3.33. The average Bonchev–Trinajstić information content (AvgIpc) is 2.83. The SMILES string of the molecule is O=C(NC1CCCCC1)c1cc2ncc(Br)cn2n1. The van der Waals surface area contributed by atoms with E-state index in [0.717, 1.165) is 17.3 Å². The molecule has 2 heterocycles. The zero-order chi connectivity index (χ0) is 13.2. The highest BCUT2D eigenvalue weighted by Crippen LogP contribution is 2.18. The minimum absolute atomic E-state index is 0.103. The van der Waals surface area contributed by atoms with Gasteiger partial charge in [0, 0.05) is 24.5 Å². The number of nitrogens with one attached hydrogen (secondary N) is 1. The molecule has 2 aromatic heterocycles. The minimum Gasteiger partial charge on any atom is -0.348 e. The van der Waals surface area contributed by atoms with Gasteiger partial charge in [-0.1, -0.05) is 19.3 Å². The molecule has 100 valence electrons. The Bertz CT molecular complexity index is 604. The standard InChI is InChI=1S/C13H15BrN4O/c14-9-7-15-12-6-11(17-18(12)8-9)13(19)16-10-4-2-1-3-5-10/h6-8,10H,1-5H2,(H,16,19). The molecule has 2 aromatic rings. The highest BCUT2D eigenvalue weighted by molar-refractivity contribution is 9.10. The average molecular weight is 323 g/mol. The maximum absolute atomic E-state index is 12.1. The van der Waals surface area contributed by atoms with E-state index < -0.39 is 0 Å². The van der Waals surface area contributed by atoms with Crippen molar-refractivity contribution in [3.63, 3.8) is 0 Å². The quantitative estimate of drug-likeness (QED) is 0.924. The molecule has 0 spiro atoms. The van der Waals surface area contributed by atoms with Crippen molar-refractivity contribution < 1.29 is 4.79 Å². The largest absolute Gasteiger partial charge is 0.348 e. The predicted octanol–water partition coefficient (Wildman–Crippen LogP) is 2.55. The first kappa shape index (κ1) is 12.6. The van der Waals surface area contributed by atoms with Crippen LogP contribution >= 0.6 is 15.9 Å². The van der Waals surface area contributed by atoms with Crippen LogP contribution < -0.4 is 5.32 Å². The highest BCUT2D eigenvalue weighted by atomic mass is 79.9. The van der Waals surface area contributed by atoms with Crippen molar-refractivity contribution in [2.45, 2.75) is 38.1 Å². The summed E-state index contributed by atoms with van der Waals surface area (Å²) in [6, 6.07) is 2.01. The topological polar surface area (TPSA) is 59.3 Å². The third kappa shape index (κ3) is 2.78. The maximum Gasteiger partial charge on any atom is 0.272 e. The summed E-state index contributed by atoms with van der Waals surface area (Å²) < 4.78 is 2.45. The first-order valence-electron chi connectivity index (χ1n) is 6.54. The fourth-order valence-corrected chi connectivity index (χ4v) is 2.77. The Labute approximate surface area is 119 Å². The Hall–Kier alpha value is -1.43. The Morgan fingerprint density at radius 1 is 1.37 bits per heavy atom. The van der Waals surface area contributed by atoms with E-state index in [0.29, 0.717) is 17.4 Å². The minimum atomic E-state index is -0.103. The summed E-state index contributed by atoms with van der Waals surface area (Å²) in [7, 11) is 0. The zero-order valence-electron chi connectivity index (χ0n) is 10.5. The second kappa shape index (κ2) is 5.28. The van der Waals surface area contributed by atoms with Crippen LogP contribution in [0.3, 0.4) is 0 Å². The molecule has 0 bridgehead atoms. The van der Waals surface area contributed by atoms with Gasteiger partial charge in [0.15, 0.2) is 11.3 Å². The van der Waals surface area contributed by atoms with Crippen LogP contribution in [0.5, 0.6) is 0 Å². The summed E-state index contributed by atoms with van der Waals surface area (Å²) in [5.41, 5.74) is 1.10. The summed E-state index contributed by atoms with van der Waals surface area (Å²) in [6.45, 7) is 0. The summed E-state index contributed by atoms with van der Waals surface area (Å²) in [6.07, 6.45) is 9.30. The van der Waals surface area contributed by atoms with Gasteiger partial charge in [-0.2, -0.15) is 5.10 Å². The molecule has 0 saturated heterocycles. The van der Waals surface area contributed by atoms with Gasteiger partial charge < -0.3 is 5.32 Å². The molecule has 0 unspecified atom stereocenters. The van der Waals surface area contributed by atoms with E-state index >= 15 is 0 Å². The zero-order valence-corrected chi connectivity index (χ0v) is 12.1. The van der Waals surface area contributed by atoms with Gasteiger partial charge in [0.25, 0.3) is 5.91 Å². The Balaban J connectivity index is 1.77. The Morgan fingerprint density at radius 2 is 2.16 bits per heavy atom. The molecule has 0 radical (unpaired) electrons. The van der Waals surface area contributed by atoms with Gasteiger partial charge in [-0.05, 0) is 28.8 Å². The Kier molecular flexibility index (Phi) is 3.50. The second-order valence-electron chi connectivity index (χ2n) is 4.91. The van der Waals surface area contributed by atoms with Crippen LogP contribution in [0.4, 0.5) is 0 Å². The van der Waals surface area contributed by atoms with Gasteiger partial charge >= 0.3 is 0 Å². The van der Waals surface area contributed by atoms with Gasteiger partial charge in [0.1, 0.15) is 0 Å². The molecule has 0 atom stereocenters. The fourth-order valence-electron chi connectivity index (χ4n) is 2.47. The van der Waals surface area contributed by atoms with Crippen molar-refractivity contribution in [1.82, 2.24) is 19.9 Å². The lowest BCUT2D eigenvalue weighted by atomic mass is 9.95. The molecular formula is C13H15BrN4O. The molecule has 19 heavy (non-hydrogen) atoms. The number of rotatable bonds is 2. The number of hydrogen-bond acceptors (Lipinski definition) is 3. The lowest BCUT2D eigenvalue weighted by Crippen LogP contribution is -2.36. The molecule has 1 fully saturated rings. The first-order valence-corrected chi connectivity index (χ1v) is 7.33. The van der Waals surface area contributed by atoms with Crippen molar-refractivity contribution in [1.29, 1.82) is 0 Å². The number of halogens is 1. The van der Waals surface area contributed by atoms with Gasteiger partial charge in [-0.3, -0.25) is 4.79 Å². The maximum atomic E-state index is 12.1. The predicted molar refractivity (Wildman–Crippen MR) is 75.0 cm³/mol. The molecular weight excluding hydrogens is 308 g/mol. The lowest BCUT2D eigenvalue weighted by molar-refractivity contribution is 0.0922. The highest BCUT2D eigenvalue weighted by Gasteiger charge is 2.18. The van der Waals surface area contributed by atoms with Gasteiger partial charge in [-0.25, -0.2) is 9.50 Å². The number of aromatic nitrogens is 3. The van der Waals surface area contributed by atoms with Crippen LogP contribution in [0.1, 0.15) is 42.6 Å². The number of carbonyl (C=O) groups excluding carboxylic acids is 1. The molecule has 0 aliphatic heterocycles. The van der Waals surface area contributed by atoms with E-state index in [1.807, 2.05) is 0 Å². The molecule has 1 aliphatic carbocycles. The number of hydrogen-bond donors (Lipinski definition) is 1. The molecule has 0 aromatic carbocycles. The Morgan fingerprint density at radius 3 is 2.95 bits per heavy atom. The smallest absolute Gasteiger partial charge is 0.272 e. The monoisotopic (exact) mass is 322 g/mol. The second-order valence-corrected chi connectivity index (χ2v) is 5.83. The summed E-state index contributed by atoms with van der Waals surface area (Å²) in [4.78, 5) is 16.3. The van der Waals surface area contributed by atoms with E-state index in [9.17, 15) is 4.79 Å². The molecule has 1 N–H and O–H groups in total. The van der Waals surface area contributed by atoms with Gasteiger partial charge in [0.05, 0.1) is 4.47 Å². The number of nitrogens with zero attached hydrogens (tertiary/aromatic N) is 3. The van der Waals surface area contributed by atoms with Crippen LogP contribution in [0, 0.1) is 0 Å². The van der Waals surface area contributed by atoms with Crippen LogP contribution in [0.2, 0.25) is 0 Å².